The van der Waals surface area contributed by atoms with E-state index in [4.69, 9.17) is 24.9 Å². The van der Waals surface area contributed by atoms with E-state index in [0.29, 0.717) is 34.0 Å². The highest BCUT2D eigenvalue weighted by Crippen LogP contribution is 2.43. The number of rotatable bonds is 5. The molecule has 252 valence electrons. The van der Waals surface area contributed by atoms with Crippen molar-refractivity contribution in [3.63, 3.8) is 0 Å². The van der Waals surface area contributed by atoms with Gasteiger partial charge in [0.25, 0.3) is 0 Å². The SMILES string of the molecule is [2H]c1cc2c(ccc3c2sc2cc([2H])c([2H])c(-c4cccc(-c5nc(-c6ccccc6)nc(-c6ccc7c(c6)oc6cccc(-c8ccccc8)c67)n5)c4)c23)c([2H])c1[2H]. The topological polar surface area (TPSA) is 51.8 Å². The maximum absolute atomic E-state index is 9.21. The smallest absolute Gasteiger partial charge is 0.164 e. The molecule has 0 atom stereocenters. The molecule has 0 bridgehead atoms. The van der Waals surface area contributed by atoms with Crippen LogP contribution in [0.2, 0.25) is 0 Å². The van der Waals surface area contributed by atoms with Crippen LogP contribution in [0.25, 0.3) is 109 Å². The summed E-state index contributed by atoms with van der Waals surface area (Å²) in [7, 11) is 0. The molecule has 0 amide bonds. The molecule has 0 aliphatic rings. The van der Waals surface area contributed by atoms with E-state index in [9.17, 15) is 1.37 Å². The number of furan rings is 1. The zero-order valence-electron chi connectivity index (χ0n) is 33.5. The molecule has 0 unspecified atom stereocenters. The van der Waals surface area contributed by atoms with Crippen LogP contribution in [0, 0.1) is 0 Å². The summed E-state index contributed by atoms with van der Waals surface area (Å²) in [4.78, 5) is 15.0. The lowest BCUT2D eigenvalue weighted by molar-refractivity contribution is 0.669. The first-order valence-corrected chi connectivity index (χ1v) is 18.4. The Labute approximate surface area is 321 Å². The number of thiophene rings is 1. The number of hydrogen-bond donors (Lipinski definition) is 0. The molecule has 5 heteroatoms. The van der Waals surface area contributed by atoms with Crippen LogP contribution >= 0.6 is 11.3 Å². The highest BCUT2D eigenvalue weighted by atomic mass is 32.1. The summed E-state index contributed by atoms with van der Waals surface area (Å²) in [5, 5.41) is 5.06. The molecule has 3 heterocycles. The molecule has 3 aromatic heterocycles. The third-order valence-corrected chi connectivity index (χ3v) is 11.2. The van der Waals surface area contributed by atoms with Crippen molar-refractivity contribution in [1.29, 1.82) is 0 Å². The van der Waals surface area contributed by atoms with Crippen LogP contribution in [0.5, 0.6) is 0 Å². The summed E-state index contributed by atoms with van der Waals surface area (Å²) < 4.78 is 51.3. The molecule has 0 aliphatic heterocycles. The molecule has 8 aromatic carbocycles. The Bertz CT molecular complexity index is 3510. The Kier molecular flexibility index (Phi) is 5.92. The Morgan fingerprint density at radius 2 is 1.15 bits per heavy atom. The molecule has 11 aromatic rings. The standard InChI is InChI=1S/C49H29N3OS/c1-3-12-30(13-4-1)36-20-10-22-41-44(36)39-26-25-35(29-42(39)53-41)49-51-47(32-15-5-2-6-16-32)50-48(52-49)34-18-9-17-33(28-34)37-21-11-23-43-45(37)40-27-24-31-14-7-8-19-38(31)46(40)54-43/h1-29H/i7D,8D,11D,14D,21D. The van der Waals surface area contributed by atoms with Crippen molar-refractivity contribution in [2.45, 2.75) is 0 Å². The van der Waals surface area contributed by atoms with E-state index in [0.717, 1.165) is 75.3 Å². The van der Waals surface area contributed by atoms with Gasteiger partial charge in [0.1, 0.15) is 11.2 Å². The minimum atomic E-state index is -0.109. The van der Waals surface area contributed by atoms with Crippen LogP contribution < -0.4 is 0 Å². The van der Waals surface area contributed by atoms with Gasteiger partial charge in [-0.05, 0) is 63.4 Å². The van der Waals surface area contributed by atoms with Gasteiger partial charge < -0.3 is 4.42 Å². The second-order valence-corrected chi connectivity index (χ2v) is 14.2. The highest BCUT2D eigenvalue weighted by molar-refractivity contribution is 7.26. The van der Waals surface area contributed by atoms with Crippen LogP contribution in [-0.2, 0) is 0 Å². The van der Waals surface area contributed by atoms with Gasteiger partial charge in [-0.3, -0.25) is 0 Å². The first-order chi connectivity index (χ1) is 28.8. The van der Waals surface area contributed by atoms with Crippen molar-refractivity contribution in [2.75, 3.05) is 0 Å². The molecular formula is C49H29N3OS. The minimum Gasteiger partial charge on any atom is -0.456 e. The predicted octanol–water partition coefficient (Wildman–Crippen LogP) is 13.6. The summed E-state index contributed by atoms with van der Waals surface area (Å²) in [5.74, 6) is 1.45. The van der Waals surface area contributed by atoms with Crippen LogP contribution in [0.3, 0.4) is 0 Å². The van der Waals surface area contributed by atoms with Gasteiger partial charge in [-0.1, -0.05) is 145 Å². The summed E-state index contributed by atoms with van der Waals surface area (Å²) in [5.41, 5.74) is 7.40. The molecule has 0 N–H and O–H groups in total. The molecule has 0 saturated carbocycles. The zero-order valence-corrected chi connectivity index (χ0v) is 29.3. The van der Waals surface area contributed by atoms with E-state index in [-0.39, 0.29) is 30.2 Å². The second-order valence-electron chi connectivity index (χ2n) is 13.2. The Hall–Kier alpha value is -6.95. The lowest BCUT2D eigenvalue weighted by Crippen LogP contribution is -2.00. The molecule has 4 nitrogen and oxygen atoms in total. The largest absolute Gasteiger partial charge is 0.456 e. The van der Waals surface area contributed by atoms with E-state index in [1.165, 1.54) is 11.3 Å². The van der Waals surface area contributed by atoms with Gasteiger partial charge in [-0.2, -0.15) is 0 Å². The van der Waals surface area contributed by atoms with E-state index in [2.05, 4.69) is 24.3 Å². The molecule has 0 radical (unpaired) electrons. The van der Waals surface area contributed by atoms with Crippen molar-refractivity contribution in [3.8, 4) is 56.4 Å². The third-order valence-electron chi connectivity index (χ3n) is 9.98. The van der Waals surface area contributed by atoms with E-state index < -0.39 is 0 Å². The fourth-order valence-electron chi connectivity index (χ4n) is 7.46. The van der Waals surface area contributed by atoms with Gasteiger partial charge in [0.15, 0.2) is 17.5 Å². The van der Waals surface area contributed by atoms with Crippen LogP contribution in [0.1, 0.15) is 6.85 Å². The van der Waals surface area contributed by atoms with E-state index >= 15 is 0 Å². The van der Waals surface area contributed by atoms with Gasteiger partial charge in [0.2, 0.25) is 0 Å². The van der Waals surface area contributed by atoms with Crippen molar-refractivity contribution >= 4 is 64.2 Å². The van der Waals surface area contributed by atoms with Crippen molar-refractivity contribution in [2.24, 2.45) is 0 Å². The van der Waals surface area contributed by atoms with Gasteiger partial charge in [-0.25, -0.2) is 15.0 Å². The number of benzene rings is 8. The first-order valence-electron chi connectivity index (χ1n) is 20.1. The Morgan fingerprint density at radius 1 is 0.444 bits per heavy atom. The maximum atomic E-state index is 9.21. The average molecular weight is 713 g/mol. The normalized spacial score (nSPS) is 13.0. The van der Waals surface area contributed by atoms with Crippen molar-refractivity contribution in [1.82, 2.24) is 15.0 Å². The van der Waals surface area contributed by atoms with Crippen LogP contribution in [0.15, 0.2) is 180 Å². The molecule has 0 aliphatic carbocycles. The number of fused-ring (bicyclic) bond motifs is 8. The summed E-state index contributed by atoms with van der Waals surface area (Å²) in [6.07, 6.45) is 0. The average Bonchev–Trinajstić information content (AvgIpc) is 3.84. The van der Waals surface area contributed by atoms with Gasteiger partial charge in [0, 0.05) is 47.6 Å². The molecule has 54 heavy (non-hydrogen) atoms. The van der Waals surface area contributed by atoms with Crippen LogP contribution in [0.4, 0.5) is 0 Å². The second kappa shape index (κ2) is 12.3. The highest BCUT2D eigenvalue weighted by Gasteiger charge is 2.18. The summed E-state index contributed by atoms with van der Waals surface area (Å²) in [6, 6.07) is 47.3. The summed E-state index contributed by atoms with van der Waals surface area (Å²) >= 11 is 1.48. The lowest BCUT2D eigenvalue weighted by Gasteiger charge is -2.10. The monoisotopic (exact) mass is 712 g/mol. The lowest BCUT2D eigenvalue weighted by atomic mass is 9.97. The zero-order chi connectivity index (χ0) is 39.9. The molecule has 0 spiro atoms. The fourth-order valence-corrected chi connectivity index (χ4v) is 8.67. The van der Waals surface area contributed by atoms with Gasteiger partial charge in [-0.15, -0.1) is 11.3 Å². The van der Waals surface area contributed by atoms with Crippen molar-refractivity contribution < 1.29 is 11.3 Å². The molecule has 11 rings (SSSR count). The van der Waals surface area contributed by atoms with Crippen molar-refractivity contribution in [3.05, 3.63) is 176 Å². The van der Waals surface area contributed by atoms with Gasteiger partial charge >= 0.3 is 0 Å². The van der Waals surface area contributed by atoms with E-state index in [1.54, 1.807) is 12.1 Å². The van der Waals surface area contributed by atoms with E-state index in [1.807, 2.05) is 109 Å². The molecule has 0 fully saturated rings. The first kappa shape index (κ1) is 25.9. The predicted molar refractivity (Wildman–Crippen MR) is 225 cm³/mol. The number of nitrogens with zero attached hydrogens (tertiary/aromatic N) is 3. The molecule has 0 saturated heterocycles. The van der Waals surface area contributed by atoms with Gasteiger partial charge in [0.05, 0.1) is 6.85 Å². The minimum absolute atomic E-state index is 0.0101. The Morgan fingerprint density at radius 3 is 1.98 bits per heavy atom. The molecular weight excluding hydrogens is 679 g/mol. The quantitative estimate of drug-likeness (QED) is 0.178. The maximum Gasteiger partial charge on any atom is 0.164 e. The number of hydrogen-bond acceptors (Lipinski definition) is 5. The van der Waals surface area contributed by atoms with Crippen LogP contribution in [-0.4, -0.2) is 15.0 Å². The Balaban J connectivity index is 1.08. The summed E-state index contributed by atoms with van der Waals surface area (Å²) in [6.45, 7) is 0. The third kappa shape index (κ3) is 5.01. The number of aromatic nitrogens is 3. The fraction of sp³-hybridized carbons (Fsp3) is 0.